The molecule has 1 N–H and O–H groups in total. The van der Waals surface area contributed by atoms with Crippen LogP contribution in [-0.4, -0.2) is 21.7 Å². The first kappa shape index (κ1) is 9.40. The van der Waals surface area contributed by atoms with Gasteiger partial charge in [-0.05, 0) is 18.8 Å². The van der Waals surface area contributed by atoms with E-state index < -0.39 is 0 Å². The van der Waals surface area contributed by atoms with E-state index in [9.17, 15) is 5.11 Å². The Bertz CT molecular complexity index is 115. The molecule has 0 aromatic carbocycles. The van der Waals surface area contributed by atoms with Gasteiger partial charge in [0.05, 0.1) is 6.10 Å². The van der Waals surface area contributed by atoms with Crippen LogP contribution in [0.15, 0.2) is 0 Å². The van der Waals surface area contributed by atoms with Gasteiger partial charge in [-0.25, -0.2) is 0 Å². The fraction of sp³-hybridized carbons (Fsp3) is 1.00. The molecule has 1 nitrogen and oxygen atoms in total. The van der Waals surface area contributed by atoms with Gasteiger partial charge in [0.2, 0.25) is 0 Å². The highest BCUT2D eigenvalue weighted by Gasteiger charge is 2.30. The van der Waals surface area contributed by atoms with Crippen molar-refractivity contribution in [3.63, 3.8) is 0 Å². The molecule has 0 aromatic heterocycles. The number of thioether (sulfide) groups is 1. The van der Waals surface area contributed by atoms with E-state index in [1.807, 2.05) is 11.8 Å². The average molecular weight is 174 g/mol. The van der Waals surface area contributed by atoms with Crippen LogP contribution in [0.3, 0.4) is 0 Å². The van der Waals surface area contributed by atoms with Crippen molar-refractivity contribution in [3.05, 3.63) is 0 Å². The lowest BCUT2D eigenvalue weighted by Gasteiger charge is -2.35. The second-order valence-corrected chi connectivity index (χ2v) is 5.22. The Morgan fingerprint density at radius 3 is 2.55 bits per heavy atom. The molecular formula is C9H18OS. The summed E-state index contributed by atoms with van der Waals surface area (Å²) in [6, 6.07) is 0. The van der Waals surface area contributed by atoms with Gasteiger partial charge in [-0.3, -0.25) is 0 Å². The molecule has 1 aliphatic heterocycles. The third-order valence-electron chi connectivity index (χ3n) is 2.71. The minimum Gasteiger partial charge on any atom is -0.393 e. The summed E-state index contributed by atoms with van der Waals surface area (Å²) in [5, 5.41) is 11.0. The zero-order valence-corrected chi connectivity index (χ0v) is 8.40. The van der Waals surface area contributed by atoms with E-state index in [1.54, 1.807) is 0 Å². The van der Waals surface area contributed by atoms with Crippen molar-refractivity contribution in [1.29, 1.82) is 0 Å². The van der Waals surface area contributed by atoms with Crippen molar-refractivity contribution in [2.24, 2.45) is 5.92 Å². The number of aliphatic hydroxyl groups excluding tert-OH is 1. The van der Waals surface area contributed by atoms with Crippen LogP contribution in [0.4, 0.5) is 0 Å². The van der Waals surface area contributed by atoms with Crippen LogP contribution in [0.5, 0.6) is 0 Å². The standard InChI is InChI=1S/C9H18OS/c1-4-8-5-9(10)6(2)7(3)11-8/h6-10H,4-5H2,1-3H3/t6-,7+,8-,9+/m1/s1. The molecule has 2 heteroatoms. The van der Waals surface area contributed by atoms with Crippen molar-refractivity contribution in [1.82, 2.24) is 0 Å². The maximum absolute atomic E-state index is 9.64. The molecule has 0 unspecified atom stereocenters. The highest BCUT2D eigenvalue weighted by atomic mass is 32.2. The smallest absolute Gasteiger partial charge is 0.0586 e. The molecule has 0 radical (unpaired) electrons. The average Bonchev–Trinajstić information content (AvgIpc) is 1.99. The number of hydrogen-bond acceptors (Lipinski definition) is 2. The van der Waals surface area contributed by atoms with E-state index in [-0.39, 0.29) is 6.10 Å². The highest BCUT2D eigenvalue weighted by Crippen LogP contribution is 2.36. The molecule has 1 rings (SSSR count). The molecule has 11 heavy (non-hydrogen) atoms. The van der Waals surface area contributed by atoms with E-state index in [0.717, 1.165) is 6.42 Å². The van der Waals surface area contributed by atoms with Gasteiger partial charge in [0.25, 0.3) is 0 Å². The third-order valence-corrected chi connectivity index (χ3v) is 4.48. The van der Waals surface area contributed by atoms with Gasteiger partial charge in [-0.2, -0.15) is 11.8 Å². The Hall–Kier alpha value is 0.310. The van der Waals surface area contributed by atoms with E-state index in [1.165, 1.54) is 6.42 Å². The van der Waals surface area contributed by atoms with Gasteiger partial charge in [-0.1, -0.05) is 20.8 Å². The second-order valence-electron chi connectivity index (χ2n) is 3.53. The summed E-state index contributed by atoms with van der Waals surface area (Å²) in [4.78, 5) is 0. The maximum atomic E-state index is 9.64. The molecule has 1 aliphatic rings. The Morgan fingerprint density at radius 1 is 1.45 bits per heavy atom. The normalized spacial score (nSPS) is 45.8. The molecule has 0 aromatic rings. The van der Waals surface area contributed by atoms with Gasteiger partial charge in [0, 0.05) is 10.5 Å². The van der Waals surface area contributed by atoms with Crippen LogP contribution in [0.1, 0.15) is 33.6 Å². The predicted octanol–water partition coefficient (Wildman–Crippen LogP) is 2.29. The number of aliphatic hydroxyl groups is 1. The predicted molar refractivity (Wildman–Crippen MR) is 50.9 cm³/mol. The van der Waals surface area contributed by atoms with E-state index in [0.29, 0.717) is 16.4 Å². The Labute approximate surface area is 73.6 Å². The molecule has 0 aliphatic carbocycles. The first-order valence-electron chi connectivity index (χ1n) is 4.48. The monoisotopic (exact) mass is 174 g/mol. The van der Waals surface area contributed by atoms with E-state index >= 15 is 0 Å². The minimum atomic E-state index is -0.0591. The van der Waals surface area contributed by atoms with Crippen LogP contribution in [0.25, 0.3) is 0 Å². The molecule has 0 spiro atoms. The van der Waals surface area contributed by atoms with Gasteiger partial charge in [0.1, 0.15) is 0 Å². The summed E-state index contributed by atoms with van der Waals surface area (Å²) in [7, 11) is 0. The molecule has 0 saturated carbocycles. The first-order valence-corrected chi connectivity index (χ1v) is 5.43. The van der Waals surface area contributed by atoms with Crippen LogP contribution in [0, 0.1) is 5.92 Å². The molecule has 4 atom stereocenters. The van der Waals surface area contributed by atoms with Crippen LogP contribution in [0.2, 0.25) is 0 Å². The summed E-state index contributed by atoms with van der Waals surface area (Å²) < 4.78 is 0. The van der Waals surface area contributed by atoms with Crippen LogP contribution >= 0.6 is 11.8 Å². The van der Waals surface area contributed by atoms with Crippen LogP contribution < -0.4 is 0 Å². The lowest BCUT2D eigenvalue weighted by Crippen LogP contribution is -2.34. The summed E-state index contributed by atoms with van der Waals surface area (Å²) in [5.74, 6) is 0.475. The van der Waals surface area contributed by atoms with Gasteiger partial charge >= 0.3 is 0 Å². The quantitative estimate of drug-likeness (QED) is 0.658. The molecule has 1 saturated heterocycles. The molecule has 0 amide bonds. The van der Waals surface area contributed by atoms with Gasteiger partial charge in [0.15, 0.2) is 0 Å². The minimum absolute atomic E-state index is 0.0591. The number of rotatable bonds is 1. The Morgan fingerprint density at radius 2 is 2.09 bits per heavy atom. The first-order chi connectivity index (χ1) is 5.15. The fourth-order valence-electron chi connectivity index (χ4n) is 1.54. The lowest BCUT2D eigenvalue weighted by atomic mass is 9.96. The topological polar surface area (TPSA) is 20.2 Å². The summed E-state index contributed by atoms with van der Waals surface area (Å²) >= 11 is 2.04. The second kappa shape index (κ2) is 3.81. The zero-order chi connectivity index (χ0) is 8.43. The van der Waals surface area contributed by atoms with Crippen molar-refractivity contribution in [2.75, 3.05) is 0 Å². The molecule has 1 heterocycles. The van der Waals surface area contributed by atoms with Gasteiger partial charge < -0.3 is 5.11 Å². The van der Waals surface area contributed by atoms with E-state index in [4.69, 9.17) is 0 Å². The molecule has 1 fully saturated rings. The number of hydrogen-bond donors (Lipinski definition) is 1. The fourth-order valence-corrected chi connectivity index (χ4v) is 3.08. The SMILES string of the molecule is CC[C@@H]1C[C@H](O)[C@H](C)[C@H](C)S1. The summed E-state index contributed by atoms with van der Waals surface area (Å²) in [5.41, 5.74) is 0. The Kier molecular flexibility index (Phi) is 3.26. The van der Waals surface area contributed by atoms with Crippen LogP contribution in [-0.2, 0) is 0 Å². The molecule has 0 bridgehead atoms. The third kappa shape index (κ3) is 2.12. The maximum Gasteiger partial charge on any atom is 0.0586 e. The van der Waals surface area contributed by atoms with Crippen molar-refractivity contribution >= 4 is 11.8 Å². The van der Waals surface area contributed by atoms with Crippen molar-refractivity contribution in [2.45, 2.75) is 50.2 Å². The van der Waals surface area contributed by atoms with Crippen molar-refractivity contribution in [3.8, 4) is 0 Å². The molecular weight excluding hydrogens is 156 g/mol. The summed E-state index contributed by atoms with van der Waals surface area (Å²) in [6.45, 7) is 6.57. The lowest BCUT2D eigenvalue weighted by molar-refractivity contribution is 0.101. The largest absolute Gasteiger partial charge is 0.393 e. The Balaban J connectivity index is 2.47. The zero-order valence-electron chi connectivity index (χ0n) is 7.58. The van der Waals surface area contributed by atoms with Gasteiger partial charge in [-0.15, -0.1) is 0 Å². The van der Waals surface area contributed by atoms with Crippen molar-refractivity contribution < 1.29 is 5.11 Å². The highest BCUT2D eigenvalue weighted by molar-refractivity contribution is 8.00. The molecule has 66 valence electrons. The summed E-state index contributed by atoms with van der Waals surface area (Å²) in [6.07, 6.45) is 2.13. The van der Waals surface area contributed by atoms with E-state index in [2.05, 4.69) is 20.8 Å².